The number of rotatable bonds is 7. The molecule has 22 heteroatoms. The van der Waals surface area contributed by atoms with Crippen LogP contribution in [0.15, 0.2) is 32.9 Å². The van der Waals surface area contributed by atoms with Gasteiger partial charge in [-0.2, -0.15) is 8.42 Å². The molecule has 5 heterocycles. The minimum atomic E-state index is -2.74. The molecule has 204 valence electrons. The van der Waals surface area contributed by atoms with Crippen LogP contribution < -0.4 is 16.8 Å². The Morgan fingerprint density at radius 3 is 2.77 bits per heavy atom. The number of thioether (sulfide) groups is 1. The van der Waals surface area contributed by atoms with E-state index < -0.39 is 59.3 Å². The Morgan fingerprint density at radius 1 is 1.36 bits per heavy atom. The van der Waals surface area contributed by atoms with Crippen molar-refractivity contribution in [2.24, 2.45) is 5.16 Å². The molecule has 0 aliphatic carbocycles. The molecule has 39 heavy (non-hydrogen) atoms. The number of hydrogen-bond donors (Lipinski definition) is 5. The van der Waals surface area contributed by atoms with Gasteiger partial charge in [0.1, 0.15) is 27.8 Å². The molecule has 1 fully saturated rings. The van der Waals surface area contributed by atoms with E-state index in [0.29, 0.717) is 5.03 Å². The zero-order chi connectivity index (χ0) is 28.0. The summed E-state index contributed by atoms with van der Waals surface area (Å²) in [5, 5.41) is 40.1. The van der Waals surface area contributed by atoms with Crippen molar-refractivity contribution < 1.29 is 33.1 Å². The fraction of sp³-hybridized carbons (Fsp3) is 0.235. The first-order valence-electron chi connectivity index (χ1n) is 10.4. The second-order valence-corrected chi connectivity index (χ2v) is 13.7. The number of carbonyl (C=O) groups excluding carboxylic acids is 2. The van der Waals surface area contributed by atoms with E-state index in [1.165, 1.54) is 11.4 Å². The Morgan fingerprint density at radius 2 is 2.13 bits per heavy atom. The van der Waals surface area contributed by atoms with Gasteiger partial charge in [-0.15, -0.1) is 26.2 Å². The summed E-state index contributed by atoms with van der Waals surface area (Å²) in [6.45, 7) is 0. The maximum atomic E-state index is 13.1. The van der Waals surface area contributed by atoms with E-state index in [1.54, 1.807) is 0 Å². The highest BCUT2D eigenvalue weighted by molar-refractivity contribution is 8.34. The van der Waals surface area contributed by atoms with Crippen molar-refractivity contribution in [3.63, 3.8) is 0 Å². The van der Waals surface area contributed by atoms with Crippen molar-refractivity contribution in [1.82, 2.24) is 40.5 Å². The van der Waals surface area contributed by atoms with Gasteiger partial charge in [-0.25, -0.2) is 9.78 Å². The van der Waals surface area contributed by atoms with Crippen molar-refractivity contribution in [1.29, 1.82) is 0 Å². The van der Waals surface area contributed by atoms with Gasteiger partial charge in [-0.05, 0) is 31.5 Å². The van der Waals surface area contributed by atoms with Crippen LogP contribution in [0.3, 0.4) is 0 Å². The molecule has 3 aromatic heterocycles. The van der Waals surface area contributed by atoms with Gasteiger partial charge in [0.25, 0.3) is 11.8 Å². The third kappa shape index (κ3) is 4.66. The van der Waals surface area contributed by atoms with Crippen molar-refractivity contribution in [3.8, 4) is 0 Å². The van der Waals surface area contributed by atoms with Crippen molar-refractivity contribution in [2.45, 2.75) is 16.4 Å². The monoisotopic (exact) mass is 613 g/mol. The lowest BCUT2D eigenvalue weighted by Gasteiger charge is -2.50. The number of β-lactam (4-membered cyclic amide) rings is 1. The Hall–Kier alpha value is -4.15. The minimum Gasteiger partial charge on any atom is -0.477 e. The number of carboxylic acids is 1. The second kappa shape index (κ2) is 10.2. The molecule has 0 aromatic carbocycles. The summed E-state index contributed by atoms with van der Waals surface area (Å²) in [6.07, 6.45) is 0. The van der Waals surface area contributed by atoms with E-state index >= 15 is 0 Å². The van der Waals surface area contributed by atoms with E-state index in [1.807, 2.05) is 0 Å². The predicted molar refractivity (Wildman–Crippen MR) is 137 cm³/mol. The molecule has 0 saturated carbocycles. The summed E-state index contributed by atoms with van der Waals surface area (Å²) in [5.41, 5.74) is 11.1. The Kier molecular flexibility index (Phi) is 6.92. The Labute approximate surface area is 227 Å². The zero-order valence-corrected chi connectivity index (χ0v) is 22.3. The first-order valence-corrected chi connectivity index (χ1v) is 15.3. The molecule has 2 unspecified atom stereocenters. The molecule has 2 aliphatic rings. The number of nitrogens with two attached hydrogens (primary N) is 2. The van der Waals surface area contributed by atoms with Crippen LogP contribution in [0.1, 0.15) is 5.69 Å². The lowest BCUT2D eigenvalue weighted by molar-refractivity contribution is -0.150. The summed E-state index contributed by atoms with van der Waals surface area (Å²) >= 11 is 2.03. The van der Waals surface area contributed by atoms with Crippen LogP contribution in [0.25, 0.3) is 5.65 Å². The number of nitrogens with one attached hydrogen (secondary N) is 1. The van der Waals surface area contributed by atoms with Crippen molar-refractivity contribution in [2.75, 3.05) is 23.0 Å². The molecule has 0 radical (unpaired) electrons. The van der Waals surface area contributed by atoms with E-state index in [0.717, 1.165) is 32.6 Å². The van der Waals surface area contributed by atoms with E-state index in [2.05, 4.69) is 36.1 Å². The van der Waals surface area contributed by atoms with Crippen LogP contribution in [0.5, 0.6) is 0 Å². The van der Waals surface area contributed by atoms with Gasteiger partial charge in [0.2, 0.25) is 14.9 Å². The number of oxime groups is 1. The summed E-state index contributed by atoms with van der Waals surface area (Å²) < 4.78 is 25.5. The van der Waals surface area contributed by atoms with Crippen LogP contribution in [0.4, 0.5) is 10.8 Å². The average Bonchev–Trinajstić information content (AvgIpc) is 3.54. The first kappa shape index (κ1) is 26.5. The van der Waals surface area contributed by atoms with Crippen molar-refractivity contribution in [3.05, 3.63) is 28.4 Å². The molecule has 3 aromatic rings. The summed E-state index contributed by atoms with van der Waals surface area (Å²) in [5.74, 6) is -3.57. The fourth-order valence-corrected chi connectivity index (χ4v) is 9.20. The lowest BCUT2D eigenvalue weighted by atomic mass is 10.0. The van der Waals surface area contributed by atoms with Crippen molar-refractivity contribution >= 4 is 81.8 Å². The van der Waals surface area contributed by atoms with Gasteiger partial charge in [-0.3, -0.25) is 14.5 Å². The maximum Gasteiger partial charge on any atom is 0.352 e. The molecule has 5 rings (SSSR count). The molecule has 2 amide bonds. The zero-order valence-electron chi connectivity index (χ0n) is 19.0. The molecular weight excluding hydrogens is 599 g/mol. The van der Waals surface area contributed by atoms with Crippen LogP contribution in [-0.2, 0) is 33.1 Å². The molecule has 0 bridgehead atoms. The predicted octanol–water partition coefficient (Wildman–Crippen LogP) is -2.47. The number of fused-ring (bicyclic) bond motifs is 2. The van der Waals surface area contributed by atoms with Gasteiger partial charge in [-0.1, -0.05) is 16.9 Å². The van der Waals surface area contributed by atoms with Gasteiger partial charge < -0.3 is 27.1 Å². The molecule has 1 saturated heterocycles. The SMILES string of the molecule is Nc1nc(C(=NO)C(=O)NC2C(=O)N3C(C(=O)O)=C(CSc4cc(N)c5nnnn5n4)CS(=S(=O)=O)[C@@H]23)cs1. The van der Waals surface area contributed by atoms with Crippen LogP contribution in [-0.4, -0.2) is 100 Å². The second-order valence-electron chi connectivity index (χ2n) is 7.77. The van der Waals surface area contributed by atoms with E-state index in [-0.39, 0.29) is 39.2 Å². The third-order valence-corrected chi connectivity index (χ3v) is 11.2. The van der Waals surface area contributed by atoms with E-state index in [9.17, 15) is 33.1 Å². The van der Waals surface area contributed by atoms with Gasteiger partial charge in [0.15, 0.2) is 10.8 Å². The number of nitrogens with zero attached hydrogens (tertiary/aromatic N) is 8. The summed E-state index contributed by atoms with van der Waals surface area (Å²) in [7, 11) is -4.34. The standard InChI is InChI=1S/C17H15N11O7S4/c18-6-1-8(23-28-12(6)22-25-26-28)36-2-5-4-38(39(34)35)15-10(14(30)27(15)11(5)16(31)32)21-13(29)9(24-33)7-3-37-17(19)20-7/h1,3,10,15,33H,2,4,18H2,(H2,19,20)(H,21,29)(H,31,32)/t10?,15-,38?/m0/s1. The number of amides is 2. The number of hydrogen-bond acceptors (Lipinski definition) is 16. The number of carbonyl (C=O) groups is 3. The minimum absolute atomic E-state index is 0.0392. The number of aromatic nitrogens is 6. The lowest BCUT2D eigenvalue weighted by Crippen LogP contribution is -2.74. The number of aliphatic carboxylic acids is 1. The van der Waals surface area contributed by atoms with Gasteiger partial charge in [0, 0.05) is 16.9 Å². The van der Waals surface area contributed by atoms with Gasteiger partial charge >= 0.3 is 5.97 Å². The quantitative estimate of drug-likeness (QED) is 0.0607. The maximum absolute atomic E-state index is 13.1. The number of carboxylic acid groups (broad SMARTS) is 1. The largest absolute Gasteiger partial charge is 0.477 e. The number of thiazole rings is 1. The Balaban J connectivity index is 1.43. The molecule has 0 spiro atoms. The van der Waals surface area contributed by atoms with E-state index in [4.69, 9.17) is 11.5 Å². The molecule has 2 aliphatic heterocycles. The topological polar surface area (TPSA) is 274 Å². The van der Waals surface area contributed by atoms with Gasteiger partial charge in [0.05, 0.1) is 5.69 Å². The van der Waals surface area contributed by atoms with Crippen LogP contribution in [0, 0.1) is 0 Å². The smallest absolute Gasteiger partial charge is 0.352 e. The molecule has 7 N–H and O–H groups in total. The highest BCUT2D eigenvalue weighted by Gasteiger charge is 2.56. The highest BCUT2D eigenvalue weighted by atomic mass is 32.9. The fourth-order valence-electron chi connectivity index (χ4n) is 3.89. The summed E-state index contributed by atoms with van der Waals surface area (Å²) in [4.78, 5) is 42.7. The molecule has 18 nitrogen and oxygen atoms in total. The third-order valence-electron chi connectivity index (χ3n) is 5.53. The number of anilines is 2. The molecule has 3 atom stereocenters. The number of tetrazole rings is 1. The molecular formula is C17H15N11O7S4. The number of nitrogen functional groups attached to an aromatic ring is 2. The Bertz CT molecular complexity index is 1750. The average molecular weight is 614 g/mol. The first-order chi connectivity index (χ1) is 18.6. The normalized spacial score (nSPS) is 21.0. The highest BCUT2D eigenvalue weighted by Crippen LogP contribution is 2.37. The summed E-state index contributed by atoms with van der Waals surface area (Å²) in [6, 6.07) is 0.0872. The van der Waals surface area contributed by atoms with Crippen LogP contribution in [0.2, 0.25) is 0 Å². The van der Waals surface area contributed by atoms with Crippen LogP contribution >= 0.6 is 23.1 Å².